The molecule has 1 N–H and O–H groups in total. The SMILES string of the molecule is O=C(Nc1cc(C(F)(F)F)ccc1Cl)[C@H](Cc1ccccc1)N1C(=O)[C@@H]2[C@H](C1=O)[C@@H]1C=C[C@H]2C1. The second-order valence-corrected chi connectivity index (χ2v) is 9.34. The van der Waals surface area contributed by atoms with E-state index in [2.05, 4.69) is 5.32 Å². The Bertz CT molecular complexity index is 1170. The van der Waals surface area contributed by atoms with Crippen molar-refractivity contribution in [3.8, 4) is 0 Å². The van der Waals surface area contributed by atoms with Gasteiger partial charge < -0.3 is 5.32 Å². The van der Waals surface area contributed by atoms with Crippen LogP contribution in [0.1, 0.15) is 17.5 Å². The van der Waals surface area contributed by atoms with E-state index in [-0.39, 0.29) is 29.0 Å². The van der Waals surface area contributed by atoms with Crippen molar-refractivity contribution in [3.63, 3.8) is 0 Å². The highest BCUT2D eigenvalue weighted by molar-refractivity contribution is 6.33. The molecular formula is C25H20ClF3N2O3. The van der Waals surface area contributed by atoms with E-state index in [1.165, 1.54) is 0 Å². The fraction of sp³-hybridized carbons (Fsp3) is 0.320. The molecule has 1 saturated heterocycles. The Balaban J connectivity index is 1.47. The van der Waals surface area contributed by atoms with E-state index in [0.717, 1.165) is 29.5 Å². The number of halogens is 4. The summed E-state index contributed by atoms with van der Waals surface area (Å²) in [4.78, 5) is 41.1. The van der Waals surface area contributed by atoms with Crippen LogP contribution in [0.4, 0.5) is 18.9 Å². The van der Waals surface area contributed by atoms with Gasteiger partial charge in [0.1, 0.15) is 6.04 Å². The number of allylic oxidation sites excluding steroid dienone is 2. The van der Waals surface area contributed by atoms with Gasteiger partial charge in [-0.25, -0.2) is 0 Å². The van der Waals surface area contributed by atoms with Crippen molar-refractivity contribution in [1.82, 2.24) is 4.90 Å². The summed E-state index contributed by atoms with van der Waals surface area (Å²) in [6.07, 6.45) is 0.0570. The van der Waals surface area contributed by atoms with Crippen LogP contribution in [0.5, 0.6) is 0 Å². The Hall–Kier alpha value is -3.13. The fourth-order valence-electron chi connectivity index (χ4n) is 5.38. The zero-order chi connectivity index (χ0) is 24.2. The van der Waals surface area contributed by atoms with Crippen LogP contribution in [0.3, 0.4) is 0 Å². The third-order valence-electron chi connectivity index (χ3n) is 6.94. The normalized spacial score (nSPS) is 26.2. The average Bonchev–Trinajstić information content (AvgIpc) is 3.47. The highest BCUT2D eigenvalue weighted by Crippen LogP contribution is 2.53. The Kier molecular flexibility index (Phi) is 5.51. The highest BCUT2D eigenvalue weighted by Gasteiger charge is 2.61. The summed E-state index contributed by atoms with van der Waals surface area (Å²) in [5.41, 5.74) is -0.505. The standard InChI is InChI=1S/C25H20ClF3N2O3/c26-17-9-8-16(25(27,28)29)12-18(17)30-22(32)19(10-13-4-2-1-3-5-13)31-23(33)20-14-6-7-15(11-14)21(20)24(31)34/h1-9,12,14-15,19-21H,10-11H2,(H,30,32)/t14-,15+,19-,20-,21+/m0/s1. The van der Waals surface area contributed by atoms with Crippen molar-refractivity contribution < 1.29 is 27.6 Å². The molecule has 2 bridgehead atoms. The second-order valence-electron chi connectivity index (χ2n) is 8.93. The van der Waals surface area contributed by atoms with E-state index < -0.39 is 47.3 Å². The number of carbonyl (C=O) groups excluding carboxylic acids is 3. The number of nitrogens with one attached hydrogen (secondary N) is 1. The molecule has 5 atom stereocenters. The maximum absolute atomic E-state index is 13.4. The smallest absolute Gasteiger partial charge is 0.323 e. The van der Waals surface area contributed by atoms with Crippen LogP contribution in [0.15, 0.2) is 60.7 Å². The summed E-state index contributed by atoms with van der Waals surface area (Å²) < 4.78 is 39.5. The zero-order valence-corrected chi connectivity index (χ0v) is 18.5. The number of amides is 3. The molecule has 1 saturated carbocycles. The third-order valence-corrected chi connectivity index (χ3v) is 7.27. The van der Waals surface area contributed by atoms with E-state index in [0.29, 0.717) is 5.56 Å². The van der Waals surface area contributed by atoms with Gasteiger partial charge in [0.15, 0.2) is 0 Å². The Morgan fingerprint density at radius 3 is 2.24 bits per heavy atom. The molecule has 34 heavy (non-hydrogen) atoms. The molecule has 0 radical (unpaired) electrons. The van der Waals surface area contributed by atoms with Gasteiger partial charge in [-0.1, -0.05) is 54.1 Å². The van der Waals surface area contributed by atoms with Gasteiger partial charge in [-0.15, -0.1) is 0 Å². The van der Waals surface area contributed by atoms with Crippen LogP contribution in [-0.2, 0) is 27.0 Å². The first-order valence-corrected chi connectivity index (χ1v) is 11.3. The van der Waals surface area contributed by atoms with Gasteiger partial charge in [0.2, 0.25) is 17.7 Å². The van der Waals surface area contributed by atoms with Crippen LogP contribution in [0.25, 0.3) is 0 Å². The molecule has 2 aliphatic carbocycles. The summed E-state index contributed by atoms with van der Waals surface area (Å²) in [6.45, 7) is 0. The van der Waals surface area contributed by atoms with Crippen LogP contribution in [0.2, 0.25) is 5.02 Å². The summed E-state index contributed by atoms with van der Waals surface area (Å²) in [7, 11) is 0. The van der Waals surface area contributed by atoms with Gasteiger partial charge in [0.25, 0.3) is 0 Å². The molecule has 9 heteroatoms. The number of anilines is 1. The van der Waals surface area contributed by atoms with Crippen molar-refractivity contribution >= 4 is 35.0 Å². The van der Waals surface area contributed by atoms with Gasteiger partial charge in [0, 0.05) is 6.42 Å². The Morgan fingerprint density at radius 2 is 1.65 bits per heavy atom. The molecule has 3 aliphatic rings. The Labute approximate surface area is 198 Å². The summed E-state index contributed by atoms with van der Waals surface area (Å²) >= 11 is 6.06. The van der Waals surface area contributed by atoms with E-state index >= 15 is 0 Å². The minimum atomic E-state index is -4.63. The molecule has 1 aliphatic heterocycles. The number of alkyl halides is 3. The van der Waals surface area contributed by atoms with Gasteiger partial charge in [0.05, 0.1) is 28.1 Å². The van der Waals surface area contributed by atoms with E-state index in [1.807, 2.05) is 12.2 Å². The number of likely N-dealkylation sites (tertiary alicyclic amines) is 1. The zero-order valence-electron chi connectivity index (χ0n) is 17.8. The monoisotopic (exact) mass is 488 g/mol. The maximum Gasteiger partial charge on any atom is 0.416 e. The molecular weight excluding hydrogens is 469 g/mol. The lowest BCUT2D eigenvalue weighted by Crippen LogP contribution is -2.49. The topological polar surface area (TPSA) is 66.5 Å². The summed E-state index contributed by atoms with van der Waals surface area (Å²) in [5, 5.41) is 2.35. The minimum Gasteiger partial charge on any atom is -0.323 e. The molecule has 1 heterocycles. The number of benzene rings is 2. The minimum absolute atomic E-state index is 0.0307. The molecule has 3 amide bonds. The van der Waals surface area contributed by atoms with E-state index in [1.54, 1.807) is 30.3 Å². The lowest BCUT2D eigenvalue weighted by atomic mass is 9.85. The molecule has 0 spiro atoms. The molecule has 2 aromatic rings. The first-order chi connectivity index (χ1) is 16.1. The molecule has 5 nitrogen and oxygen atoms in total. The van der Waals surface area contributed by atoms with E-state index in [4.69, 9.17) is 11.6 Å². The number of rotatable bonds is 5. The van der Waals surface area contributed by atoms with Gasteiger partial charge >= 0.3 is 6.18 Å². The quantitative estimate of drug-likeness (QED) is 0.489. The number of imide groups is 1. The van der Waals surface area contributed by atoms with Crippen molar-refractivity contribution in [3.05, 3.63) is 76.8 Å². The molecule has 5 rings (SSSR count). The number of carbonyl (C=O) groups is 3. The second kappa shape index (κ2) is 8.27. The van der Waals surface area contributed by atoms with Crippen molar-refractivity contribution in [1.29, 1.82) is 0 Å². The summed E-state index contributed by atoms with van der Waals surface area (Å²) in [5.74, 6) is -2.63. The van der Waals surface area contributed by atoms with Crippen LogP contribution < -0.4 is 5.32 Å². The lowest BCUT2D eigenvalue weighted by Gasteiger charge is -2.27. The number of nitrogens with zero attached hydrogens (tertiary/aromatic N) is 1. The van der Waals surface area contributed by atoms with Gasteiger partial charge in [-0.05, 0) is 42.0 Å². The first kappa shape index (κ1) is 22.7. The third kappa shape index (κ3) is 3.79. The molecule has 0 unspecified atom stereocenters. The van der Waals surface area contributed by atoms with Gasteiger partial charge in [-0.2, -0.15) is 13.2 Å². The lowest BCUT2D eigenvalue weighted by molar-refractivity contribution is -0.147. The Morgan fingerprint density at radius 1 is 1.03 bits per heavy atom. The van der Waals surface area contributed by atoms with Crippen molar-refractivity contribution in [2.45, 2.75) is 25.1 Å². The predicted molar refractivity (Wildman–Crippen MR) is 119 cm³/mol. The van der Waals surface area contributed by atoms with Gasteiger partial charge in [-0.3, -0.25) is 19.3 Å². The van der Waals surface area contributed by atoms with E-state index in [9.17, 15) is 27.6 Å². The molecule has 0 aromatic heterocycles. The van der Waals surface area contributed by atoms with Crippen molar-refractivity contribution in [2.24, 2.45) is 23.7 Å². The number of hydrogen-bond acceptors (Lipinski definition) is 3. The maximum atomic E-state index is 13.4. The molecule has 176 valence electrons. The number of fused-ring (bicyclic) bond motifs is 5. The summed E-state index contributed by atoms with van der Waals surface area (Å²) in [6, 6.07) is 10.2. The van der Waals surface area contributed by atoms with Crippen LogP contribution in [-0.4, -0.2) is 28.7 Å². The first-order valence-electron chi connectivity index (χ1n) is 10.9. The number of hydrogen-bond donors (Lipinski definition) is 1. The average molecular weight is 489 g/mol. The van der Waals surface area contributed by atoms with Crippen molar-refractivity contribution in [2.75, 3.05) is 5.32 Å². The largest absolute Gasteiger partial charge is 0.416 e. The predicted octanol–water partition coefficient (Wildman–Crippen LogP) is 4.72. The molecule has 2 fully saturated rings. The highest BCUT2D eigenvalue weighted by atomic mass is 35.5. The van der Waals surface area contributed by atoms with Crippen LogP contribution >= 0.6 is 11.6 Å². The molecule has 2 aromatic carbocycles. The fourth-order valence-corrected chi connectivity index (χ4v) is 5.55. The van der Waals surface area contributed by atoms with Crippen LogP contribution in [0, 0.1) is 23.7 Å².